The molecule has 0 amide bonds. The third kappa shape index (κ3) is 8.18. The lowest BCUT2D eigenvalue weighted by molar-refractivity contribution is -0.132. The number of carboxylic acid groups (broad SMARTS) is 1. The smallest absolute Gasteiger partial charge is 0.331 e. The van der Waals surface area contributed by atoms with Crippen molar-refractivity contribution in [2.24, 2.45) is 0 Å². The Labute approximate surface area is 92.6 Å². The van der Waals surface area contributed by atoms with E-state index in [0.717, 1.165) is 19.5 Å². The molecule has 0 unspecified atom stereocenters. The summed E-state index contributed by atoms with van der Waals surface area (Å²) in [7, 11) is 0. The second-order valence-electron chi connectivity index (χ2n) is 3.63. The summed E-state index contributed by atoms with van der Waals surface area (Å²) >= 11 is 0. The largest absolute Gasteiger partial charge is 0.478 e. The van der Waals surface area contributed by atoms with Gasteiger partial charge in [0, 0.05) is 5.57 Å². The first kappa shape index (κ1) is 14.2. The van der Waals surface area contributed by atoms with Gasteiger partial charge in [-0.25, -0.2) is 4.79 Å². The second kappa shape index (κ2) is 9.71. The van der Waals surface area contributed by atoms with Crippen LogP contribution in [0.25, 0.3) is 0 Å². The summed E-state index contributed by atoms with van der Waals surface area (Å²) in [6, 6.07) is 0. The van der Waals surface area contributed by atoms with Crippen LogP contribution in [0.3, 0.4) is 0 Å². The number of nitrogens with one attached hydrogen (secondary N) is 1. The molecular formula is C12H23NO2. The van der Waals surface area contributed by atoms with Crippen molar-refractivity contribution in [1.82, 2.24) is 5.32 Å². The predicted octanol–water partition coefficient (Wildman–Crippen LogP) is 2.58. The molecule has 0 aromatic rings. The van der Waals surface area contributed by atoms with E-state index in [4.69, 9.17) is 5.11 Å². The van der Waals surface area contributed by atoms with E-state index in [-0.39, 0.29) is 0 Å². The van der Waals surface area contributed by atoms with Crippen LogP contribution in [0.1, 0.15) is 46.0 Å². The minimum Gasteiger partial charge on any atom is -0.478 e. The molecule has 0 aliphatic carbocycles. The molecule has 0 aromatic heterocycles. The number of hydrogen-bond donors (Lipinski definition) is 2. The predicted molar refractivity (Wildman–Crippen MR) is 63.0 cm³/mol. The summed E-state index contributed by atoms with van der Waals surface area (Å²) in [4.78, 5) is 10.6. The van der Waals surface area contributed by atoms with Crippen LogP contribution in [0.4, 0.5) is 0 Å². The van der Waals surface area contributed by atoms with E-state index in [1.807, 2.05) is 13.0 Å². The molecule has 0 rings (SSSR count). The van der Waals surface area contributed by atoms with Gasteiger partial charge in [-0.3, -0.25) is 0 Å². The van der Waals surface area contributed by atoms with Crippen molar-refractivity contribution in [1.29, 1.82) is 0 Å². The van der Waals surface area contributed by atoms with Crippen LogP contribution in [0, 0.1) is 0 Å². The zero-order chi connectivity index (χ0) is 11.5. The van der Waals surface area contributed by atoms with Crippen LogP contribution in [-0.2, 0) is 4.79 Å². The number of unbranched alkanes of at least 4 members (excludes halogenated alkanes) is 2. The summed E-state index contributed by atoms with van der Waals surface area (Å²) in [5.74, 6) is -0.788. The maximum atomic E-state index is 10.6. The fourth-order valence-electron chi connectivity index (χ4n) is 1.36. The van der Waals surface area contributed by atoms with Crippen LogP contribution in [0.5, 0.6) is 0 Å². The highest BCUT2D eigenvalue weighted by atomic mass is 16.4. The molecule has 0 fully saturated rings. The molecule has 2 N–H and O–H groups in total. The average molecular weight is 213 g/mol. The van der Waals surface area contributed by atoms with E-state index in [9.17, 15) is 4.79 Å². The first-order valence-corrected chi connectivity index (χ1v) is 5.85. The topological polar surface area (TPSA) is 49.3 Å². The molecule has 0 spiro atoms. The van der Waals surface area contributed by atoms with E-state index >= 15 is 0 Å². The lowest BCUT2D eigenvalue weighted by Gasteiger charge is -2.02. The molecule has 0 aromatic carbocycles. The van der Waals surface area contributed by atoms with E-state index < -0.39 is 5.97 Å². The highest BCUT2D eigenvalue weighted by molar-refractivity contribution is 5.86. The molecule has 15 heavy (non-hydrogen) atoms. The Morgan fingerprint density at radius 1 is 1.27 bits per heavy atom. The van der Waals surface area contributed by atoms with Crippen molar-refractivity contribution in [3.63, 3.8) is 0 Å². The first-order chi connectivity index (χ1) is 7.22. The Balaban J connectivity index is 3.46. The Morgan fingerprint density at radius 3 is 2.53 bits per heavy atom. The Hall–Kier alpha value is -0.830. The molecule has 0 saturated heterocycles. The van der Waals surface area contributed by atoms with Crippen molar-refractivity contribution in [3.05, 3.63) is 11.6 Å². The number of rotatable bonds is 9. The second-order valence-corrected chi connectivity index (χ2v) is 3.63. The van der Waals surface area contributed by atoms with Crippen LogP contribution < -0.4 is 5.32 Å². The minimum atomic E-state index is -0.788. The standard InChI is InChI=1S/C12H23NO2/c1-3-5-6-9-13-10-7-8-11(4-2)12(14)15/h8,13H,3-7,9-10H2,1-2H3,(H,14,15). The lowest BCUT2D eigenvalue weighted by atomic mass is 10.1. The summed E-state index contributed by atoms with van der Waals surface area (Å²) < 4.78 is 0. The number of carbonyl (C=O) groups is 1. The van der Waals surface area contributed by atoms with Gasteiger partial charge >= 0.3 is 5.97 Å². The maximum absolute atomic E-state index is 10.6. The van der Waals surface area contributed by atoms with Gasteiger partial charge < -0.3 is 10.4 Å². The van der Waals surface area contributed by atoms with Gasteiger partial charge in [-0.2, -0.15) is 0 Å². The SMILES string of the molecule is CCCCCNCCC=C(CC)C(=O)O. The average Bonchev–Trinajstić information content (AvgIpc) is 2.21. The molecule has 0 atom stereocenters. The van der Waals surface area contributed by atoms with Gasteiger partial charge in [0.1, 0.15) is 0 Å². The van der Waals surface area contributed by atoms with Gasteiger partial charge in [0.15, 0.2) is 0 Å². The van der Waals surface area contributed by atoms with Crippen molar-refractivity contribution < 1.29 is 9.90 Å². The first-order valence-electron chi connectivity index (χ1n) is 5.85. The minimum absolute atomic E-state index is 0.519. The Kier molecular flexibility index (Phi) is 9.18. The number of aliphatic carboxylic acids is 1. The highest BCUT2D eigenvalue weighted by Gasteiger charge is 2.01. The van der Waals surface area contributed by atoms with Gasteiger partial charge in [0.25, 0.3) is 0 Å². The summed E-state index contributed by atoms with van der Waals surface area (Å²) in [6.07, 6.45) is 6.93. The molecular weight excluding hydrogens is 190 g/mol. The molecule has 0 radical (unpaired) electrons. The van der Waals surface area contributed by atoms with Gasteiger partial charge in [-0.15, -0.1) is 0 Å². The molecule has 3 heteroatoms. The molecule has 0 bridgehead atoms. The molecule has 0 saturated carbocycles. The molecule has 88 valence electrons. The highest BCUT2D eigenvalue weighted by Crippen LogP contribution is 2.01. The molecule has 3 nitrogen and oxygen atoms in total. The normalized spacial score (nSPS) is 11.7. The summed E-state index contributed by atoms with van der Waals surface area (Å²) in [6.45, 7) is 5.97. The molecule has 0 aliphatic rings. The lowest BCUT2D eigenvalue weighted by Crippen LogP contribution is -2.16. The zero-order valence-electron chi connectivity index (χ0n) is 9.88. The summed E-state index contributed by atoms with van der Waals surface area (Å²) in [5, 5.41) is 12.1. The third-order valence-electron chi connectivity index (χ3n) is 2.32. The zero-order valence-corrected chi connectivity index (χ0v) is 9.88. The van der Waals surface area contributed by atoms with Crippen molar-refractivity contribution >= 4 is 5.97 Å². The summed E-state index contributed by atoms with van der Waals surface area (Å²) in [5.41, 5.74) is 0.519. The third-order valence-corrected chi connectivity index (χ3v) is 2.32. The van der Waals surface area contributed by atoms with E-state index in [1.54, 1.807) is 0 Å². The number of carboxylic acids is 1. The Bertz CT molecular complexity index is 200. The van der Waals surface area contributed by atoms with Crippen LogP contribution >= 0.6 is 0 Å². The van der Waals surface area contributed by atoms with Crippen LogP contribution in [0.15, 0.2) is 11.6 Å². The Morgan fingerprint density at radius 2 is 2.00 bits per heavy atom. The van der Waals surface area contributed by atoms with E-state index in [0.29, 0.717) is 12.0 Å². The fourth-order valence-corrected chi connectivity index (χ4v) is 1.36. The quantitative estimate of drug-likeness (QED) is 0.457. The van der Waals surface area contributed by atoms with E-state index in [1.165, 1.54) is 19.3 Å². The van der Waals surface area contributed by atoms with Crippen molar-refractivity contribution in [2.45, 2.75) is 46.0 Å². The monoisotopic (exact) mass is 213 g/mol. The van der Waals surface area contributed by atoms with Gasteiger partial charge in [0.2, 0.25) is 0 Å². The fraction of sp³-hybridized carbons (Fsp3) is 0.750. The van der Waals surface area contributed by atoms with Gasteiger partial charge in [-0.1, -0.05) is 32.8 Å². The van der Waals surface area contributed by atoms with E-state index in [2.05, 4.69) is 12.2 Å². The molecule has 0 aliphatic heterocycles. The van der Waals surface area contributed by atoms with Gasteiger partial charge in [-0.05, 0) is 32.4 Å². The van der Waals surface area contributed by atoms with Crippen molar-refractivity contribution in [2.75, 3.05) is 13.1 Å². The van der Waals surface area contributed by atoms with Gasteiger partial charge in [0.05, 0.1) is 0 Å². The maximum Gasteiger partial charge on any atom is 0.331 e. The van der Waals surface area contributed by atoms with Crippen molar-refractivity contribution in [3.8, 4) is 0 Å². The molecule has 0 heterocycles. The number of hydrogen-bond acceptors (Lipinski definition) is 2. The van der Waals surface area contributed by atoms with Crippen LogP contribution in [-0.4, -0.2) is 24.2 Å². The van der Waals surface area contributed by atoms with Crippen LogP contribution in [0.2, 0.25) is 0 Å².